The van der Waals surface area contributed by atoms with Gasteiger partial charge in [-0.1, -0.05) is 31.2 Å². The van der Waals surface area contributed by atoms with E-state index in [1.54, 1.807) is 11.3 Å². The number of hydrogen-bond donors (Lipinski definition) is 0. The maximum Gasteiger partial charge on any atom is 0.123 e. The molecule has 0 bridgehead atoms. The van der Waals surface area contributed by atoms with Gasteiger partial charge in [-0.3, -0.25) is 4.90 Å². The molecule has 0 atom stereocenters. The van der Waals surface area contributed by atoms with Crippen molar-refractivity contribution < 1.29 is 0 Å². The molecular weight excluding hydrogens is 264 g/mol. The molecule has 0 amide bonds. The van der Waals surface area contributed by atoms with Gasteiger partial charge < -0.3 is 0 Å². The van der Waals surface area contributed by atoms with Crippen molar-refractivity contribution in [3.8, 4) is 10.6 Å². The van der Waals surface area contributed by atoms with Crippen LogP contribution in [-0.2, 0) is 6.54 Å². The minimum Gasteiger partial charge on any atom is -0.297 e. The first-order valence-corrected chi connectivity index (χ1v) is 8.33. The molecular formula is C17H22N2S. The summed E-state index contributed by atoms with van der Waals surface area (Å²) in [7, 11) is 0. The highest BCUT2D eigenvalue weighted by Gasteiger charge is 2.17. The predicted octanol–water partition coefficient (Wildman–Crippen LogP) is 4.35. The van der Waals surface area contributed by atoms with Crippen LogP contribution in [0.4, 0.5) is 0 Å². The minimum atomic E-state index is 0.893. The lowest BCUT2D eigenvalue weighted by molar-refractivity contribution is 0.184. The molecule has 1 aromatic heterocycles. The number of likely N-dealkylation sites (tertiary alicyclic amines) is 1. The molecule has 0 spiro atoms. The van der Waals surface area contributed by atoms with Crippen molar-refractivity contribution >= 4 is 11.3 Å². The fourth-order valence-corrected chi connectivity index (χ4v) is 3.67. The number of hydrogen-bond acceptors (Lipinski definition) is 3. The van der Waals surface area contributed by atoms with Gasteiger partial charge in [0.15, 0.2) is 0 Å². The van der Waals surface area contributed by atoms with Crippen molar-refractivity contribution in [2.75, 3.05) is 13.1 Å². The fourth-order valence-electron chi connectivity index (χ4n) is 2.77. The van der Waals surface area contributed by atoms with Crippen LogP contribution in [0.25, 0.3) is 10.6 Å². The summed E-state index contributed by atoms with van der Waals surface area (Å²) in [6.07, 6.45) is 2.66. The van der Waals surface area contributed by atoms with E-state index in [9.17, 15) is 0 Å². The van der Waals surface area contributed by atoms with Gasteiger partial charge in [-0.25, -0.2) is 4.98 Å². The Balaban J connectivity index is 1.70. The maximum absolute atomic E-state index is 4.83. The third kappa shape index (κ3) is 3.10. The molecule has 1 aliphatic rings. The zero-order valence-corrected chi connectivity index (χ0v) is 13.1. The van der Waals surface area contributed by atoms with Crippen molar-refractivity contribution in [3.05, 3.63) is 40.9 Å². The molecule has 2 heterocycles. The summed E-state index contributed by atoms with van der Waals surface area (Å²) in [6.45, 7) is 7.96. The summed E-state index contributed by atoms with van der Waals surface area (Å²) < 4.78 is 0. The topological polar surface area (TPSA) is 16.1 Å². The molecule has 106 valence electrons. The Morgan fingerprint density at radius 2 is 2.00 bits per heavy atom. The number of piperidine rings is 1. The molecule has 1 fully saturated rings. The highest BCUT2D eigenvalue weighted by atomic mass is 32.1. The van der Waals surface area contributed by atoms with Gasteiger partial charge >= 0.3 is 0 Å². The van der Waals surface area contributed by atoms with Crippen molar-refractivity contribution in [1.29, 1.82) is 0 Å². The van der Waals surface area contributed by atoms with Crippen LogP contribution >= 0.6 is 11.3 Å². The van der Waals surface area contributed by atoms with Gasteiger partial charge in [0.2, 0.25) is 0 Å². The molecule has 1 aliphatic heterocycles. The van der Waals surface area contributed by atoms with E-state index < -0.39 is 0 Å². The Hall–Kier alpha value is -1.19. The monoisotopic (exact) mass is 286 g/mol. The highest BCUT2D eigenvalue weighted by Crippen LogP contribution is 2.27. The van der Waals surface area contributed by atoms with Crippen LogP contribution in [0.15, 0.2) is 29.6 Å². The van der Waals surface area contributed by atoms with Crippen LogP contribution in [-0.4, -0.2) is 23.0 Å². The van der Waals surface area contributed by atoms with Gasteiger partial charge in [-0.15, -0.1) is 11.3 Å². The Kier molecular flexibility index (Phi) is 4.18. The molecule has 0 saturated carbocycles. The standard InChI is InChI=1S/C17H22N2S/c1-13-7-9-19(10-8-13)11-15-12-20-17(18-15)16-6-4-3-5-14(16)2/h3-6,12-13H,7-11H2,1-2H3. The Morgan fingerprint density at radius 3 is 2.75 bits per heavy atom. The Bertz CT molecular complexity index is 568. The Labute approximate surface area is 125 Å². The summed E-state index contributed by atoms with van der Waals surface area (Å²) in [6, 6.07) is 8.50. The van der Waals surface area contributed by atoms with Crippen molar-refractivity contribution in [2.24, 2.45) is 5.92 Å². The summed E-state index contributed by atoms with van der Waals surface area (Å²) in [4.78, 5) is 7.37. The second kappa shape index (κ2) is 6.06. The minimum absolute atomic E-state index is 0.893. The number of rotatable bonds is 3. The molecule has 2 aromatic rings. The molecule has 0 radical (unpaired) electrons. The molecule has 0 aliphatic carbocycles. The summed E-state index contributed by atoms with van der Waals surface area (Å²) in [5.74, 6) is 0.893. The number of nitrogens with zero attached hydrogens (tertiary/aromatic N) is 2. The van der Waals surface area contributed by atoms with E-state index in [-0.39, 0.29) is 0 Å². The molecule has 1 saturated heterocycles. The van der Waals surface area contributed by atoms with Crippen LogP contribution in [0, 0.1) is 12.8 Å². The number of thiazole rings is 1. The first kappa shape index (κ1) is 13.8. The molecule has 0 unspecified atom stereocenters. The molecule has 1 aromatic carbocycles. The lowest BCUT2D eigenvalue weighted by Crippen LogP contribution is -2.32. The van der Waals surface area contributed by atoms with Crippen LogP contribution in [0.3, 0.4) is 0 Å². The summed E-state index contributed by atoms with van der Waals surface area (Å²) in [5, 5.41) is 3.38. The SMILES string of the molecule is Cc1ccccc1-c1nc(CN2CCC(C)CC2)cs1. The van der Waals surface area contributed by atoms with E-state index in [1.165, 1.54) is 42.8 Å². The molecule has 2 nitrogen and oxygen atoms in total. The number of aryl methyl sites for hydroxylation is 1. The highest BCUT2D eigenvalue weighted by molar-refractivity contribution is 7.13. The second-order valence-corrected chi connectivity index (χ2v) is 6.78. The van der Waals surface area contributed by atoms with Crippen LogP contribution in [0.2, 0.25) is 0 Å². The van der Waals surface area contributed by atoms with E-state index in [2.05, 4.69) is 48.4 Å². The van der Waals surface area contributed by atoms with E-state index in [0.717, 1.165) is 17.5 Å². The van der Waals surface area contributed by atoms with Gasteiger partial charge in [0.05, 0.1) is 5.69 Å². The van der Waals surface area contributed by atoms with Crippen molar-refractivity contribution in [3.63, 3.8) is 0 Å². The summed E-state index contributed by atoms with van der Waals surface area (Å²) >= 11 is 1.77. The Morgan fingerprint density at radius 1 is 1.25 bits per heavy atom. The predicted molar refractivity (Wildman–Crippen MR) is 86.0 cm³/mol. The lowest BCUT2D eigenvalue weighted by Gasteiger charge is -2.29. The van der Waals surface area contributed by atoms with Crippen LogP contribution in [0.5, 0.6) is 0 Å². The maximum atomic E-state index is 4.83. The normalized spacial score (nSPS) is 17.5. The molecule has 0 N–H and O–H groups in total. The van der Waals surface area contributed by atoms with Gasteiger partial charge in [-0.2, -0.15) is 0 Å². The van der Waals surface area contributed by atoms with Gasteiger partial charge in [0.1, 0.15) is 5.01 Å². The lowest BCUT2D eigenvalue weighted by atomic mass is 9.99. The number of benzene rings is 1. The van der Waals surface area contributed by atoms with Gasteiger partial charge in [0.25, 0.3) is 0 Å². The third-order valence-electron chi connectivity index (χ3n) is 4.19. The average molecular weight is 286 g/mol. The zero-order valence-electron chi connectivity index (χ0n) is 12.3. The quantitative estimate of drug-likeness (QED) is 0.834. The first-order chi connectivity index (χ1) is 9.72. The van der Waals surface area contributed by atoms with E-state index in [1.807, 2.05) is 0 Å². The zero-order chi connectivity index (χ0) is 13.9. The smallest absolute Gasteiger partial charge is 0.123 e. The average Bonchev–Trinajstić information content (AvgIpc) is 2.90. The van der Waals surface area contributed by atoms with Crippen molar-refractivity contribution in [1.82, 2.24) is 9.88 Å². The van der Waals surface area contributed by atoms with E-state index in [0.29, 0.717) is 0 Å². The van der Waals surface area contributed by atoms with E-state index >= 15 is 0 Å². The third-order valence-corrected chi connectivity index (χ3v) is 5.11. The first-order valence-electron chi connectivity index (χ1n) is 7.45. The van der Waals surface area contributed by atoms with Crippen LogP contribution in [0.1, 0.15) is 31.0 Å². The largest absolute Gasteiger partial charge is 0.297 e. The second-order valence-electron chi connectivity index (χ2n) is 5.92. The summed E-state index contributed by atoms with van der Waals surface area (Å²) in [5.41, 5.74) is 3.80. The van der Waals surface area contributed by atoms with Crippen LogP contribution < -0.4 is 0 Å². The van der Waals surface area contributed by atoms with Crippen molar-refractivity contribution in [2.45, 2.75) is 33.2 Å². The van der Waals surface area contributed by atoms with E-state index in [4.69, 9.17) is 4.98 Å². The van der Waals surface area contributed by atoms with Gasteiger partial charge in [0, 0.05) is 17.5 Å². The molecule has 3 heteroatoms. The van der Waals surface area contributed by atoms with Gasteiger partial charge in [-0.05, 0) is 44.3 Å². The number of aromatic nitrogens is 1. The molecule has 3 rings (SSSR count). The molecule has 20 heavy (non-hydrogen) atoms. The fraction of sp³-hybridized carbons (Fsp3) is 0.471.